The second-order valence-electron chi connectivity index (χ2n) is 9.56. The Morgan fingerprint density at radius 3 is 2.64 bits per heavy atom. The van der Waals surface area contributed by atoms with Crippen LogP contribution in [0.5, 0.6) is 5.75 Å². The summed E-state index contributed by atoms with van der Waals surface area (Å²) in [6.07, 6.45) is 0.344. The van der Waals surface area contributed by atoms with Crippen molar-refractivity contribution in [2.75, 3.05) is 24.4 Å². The predicted molar refractivity (Wildman–Crippen MR) is 150 cm³/mol. The lowest BCUT2D eigenvalue weighted by Crippen LogP contribution is -2.20. The van der Waals surface area contributed by atoms with E-state index in [1.165, 1.54) is 16.5 Å². The van der Waals surface area contributed by atoms with E-state index >= 15 is 0 Å². The summed E-state index contributed by atoms with van der Waals surface area (Å²) in [6.45, 7) is 0.452. The Morgan fingerprint density at radius 2 is 1.93 bits per heavy atom. The fourth-order valence-corrected chi connectivity index (χ4v) is 4.97. The van der Waals surface area contributed by atoms with Gasteiger partial charge in [-0.2, -0.15) is 20.3 Å². The number of hydrogen-bond donors (Lipinski definition) is 2. The van der Waals surface area contributed by atoms with Crippen LogP contribution in [0.2, 0.25) is 0 Å². The van der Waals surface area contributed by atoms with Gasteiger partial charge in [0.25, 0.3) is 6.43 Å². The molecule has 1 atom stereocenters. The van der Waals surface area contributed by atoms with Crippen LogP contribution < -0.4 is 15.4 Å². The summed E-state index contributed by atoms with van der Waals surface area (Å²) in [7, 11) is 3.25. The fourth-order valence-electron chi connectivity index (χ4n) is 4.97. The van der Waals surface area contributed by atoms with E-state index in [1.807, 2.05) is 18.2 Å². The van der Waals surface area contributed by atoms with Crippen molar-refractivity contribution < 1.29 is 18.3 Å². The summed E-state index contributed by atoms with van der Waals surface area (Å²) >= 11 is 0. The molecule has 1 aliphatic rings. The lowest BCUT2D eigenvalue weighted by atomic mass is 10.1. The molecule has 42 heavy (non-hydrogen) atoms. The van der Waals surface area contributed by atoms with E-state index < -0.39 is 18.5 Å². The zero-order valence-corrected chi connectivity index (χ0v) is 22.8. The second-order valence-corrected chi connectivity index (χ2v) is 9.56. The van der Waals surface area contributed by atoms with Gasteiger partial charge in [0.05, 0.1) is 24.7 Å². The maximum atomic E-state index is 14.4. The first kappa shape index (κ1) is 27.0. The number of alkyl halides is 2. The third-order valence-electron chi connectivity index (χ3n) is 6.80. The monoisotopic (exact) mass is 572 g/mol. The number of benzene rings is 1. The molecule has 0 bridgehead atoms. The maximum absolute atomic E-state index is 14.4. The number of nitriles is 1. The van der Waals surface area contributed by atoms with Crippen LogP contribution in [0, 0.1) is 11.3 Å². The molecule has 2 N–H and O–H groups in total. The number of nitrogens with one attached hydrogen (secondary N) is 2. The molecule has 1 fully saturated rings. The molecule has 1 aromatic carbocycles. The number of nitrogens with zero attached hydrogens (tertiary/aromatic N) is 8. The summed E-state index contributed by atoms with van der Waals surface area (Å²) in [5, 5.41) is 24.2. The molecule has 0 aliphatic carbocycles. The average molecular weight is 573 g/mol. The smallest absolute Gasteiger partial charge is 0.295 e. The number of fused-ring (bicyclic) bond motifs is 1. The van der Waals surface area contributed by atoms with Gasteiger partial charge in [-0.05, 0) is 43.5 Å². The molecule has 1 saturated heterocycles. The molecule has 4 aromatic heterocycles. The van der Waals surface area contributed by atoms with Gasteiger partial charge in [0.15, 0.2) is 17.2 Å². The second kappa shape index (κ2) is 11.4. The Kier molecular flexibility index (Phi) is 7.32. The lowest BCUT2D eigenvalue weighted by molar-refractivity contribution is -0.0363. The molecule has 0 saturated carbocycles. The summed E-state index contributed by atoms with van der Waals surface area (Å²) in [4.78, 5) is 14.7. The number of ether oxygens (including phenoxy) is 2. The zero-order chi connectivity index (χ0) is 29.2. The van der Waals surface area contributed by atoms with Gasteiger partial charge in [0, 0.05) is 25.3 Å². The highest BCUT2D eigenvalue weighted by molar-refractivity contribution is 5.92. The van der Waals surface area contributed by atoms with E-state index in [1.54, 1.807) is 43.6 Å². The van der Waals surface area contributed by atoms with Gasteiger partial charge >= 0.3 is 0 Å². The molecule has 0 amide bonds. The average Bonchev–Trinajstić information content (AvgIpc) is 3.61. The maximum Gasteiger partial charge on any atom is 0.295 e. The first-order valence-corrected chi connectivity index (χ1v) is 13.2. The molecular formula is C28H26F2N10O2. The number of anilines is 4. The summed E-state index contributed by atoms with van der Waals surface area (Å²) in [5.74, 6) is 0.706. The number of aromatic nitrogens is 7. The van der Waals surface area contributed by atoms with Crippen LogP contribution in [0.3, 0.4) is 0 Å². The molecule has 6 rings (SSSR count). The Hall–Kier alpha value is -5.16. The van der Waals surface area contributed by atoms with Crippen LogP contribution >= 0.6 is 0 Å². The van der Waals surface area contributed by atoms with Crippen LogP contribution in [-0.4, -0.2) is 48.2 Å². The van der Waals surface area contributed by atoms with Gasteiger partial charge < -0.3 is 20.1 Å². The van der Waals surface area contributed by atoms with Crippen LogP contribution in [0.4, 0.5) is 31.8 Å². The van der Waals surface area contributed by atoms with Crippen LogP contribution in [0.25, 0.3) is 22.4 Å². The van der Waals surface area contributed by atoms with Crippen molar-refractivity contribution in [3.63, 3.8) is 0 Å². The first-order valence-electron chi connectivity index (χ1n) is 13.2. The highest BCUT2D eigenvalue weighted by Crippen LogP contribution is 2.40. The molecular weight excluding hydrogens is 546 g/mol. The summed E-state index contributed by atoms with van der Waals surface area (Å²) in [6, 6.07) is 14.1. The highest BCUT2D eigenvalue weighted by atomic mass is 19.3. The van der Waals surface area contributed by atoms with E-state index in [9.17, 15) is 14.0 Å². The van der Waals surface area contributed by atoms with E-state index in [0.29, 0.717) is 53.0 Å². The van der Waals surface area contributed by atoms with Gasteiger partial charge in [-0.25, -0.2) is 23.7 Å². The van der Waals surface area contributed by atoms with Crippen molar-refractivity contribution >= 4 is 34.2 Å². The molecule has 0 spiro atoms. The highest BCUT2D eigenvalue weighted by Gasteiger charge is 2.29. The van der Waals surface area contributed by atoms with Crippen molar-refractivity contribution in [2.24, 2.45) is 7.05 Å². The van der Waals surface area contributed by atoms with Gasteiger partial charge in [-0.1, -0.05) is 12.1 Å². The largest absolute Gasteiger partial charge is 0.494 e. The minimum Gasteiger partial charge on any atom is -0.494 e. The molecule has 1 aliphatic heterocycles. The molecule has 214 valence electrons. The van der Waals surface area contributed by atoms with Crippen LogP contribution in [-0.2, 0) is 11.8 Å². The van der Waals surface area contributed by atoms with Crippen molar-refractivity contribution in [3.8, 4) is 23.1 Å². The Bertz CT molecular complexity index is 1790. The zero-order valence-electron chi connectivity index (χ0n) is 22.8. The van der Waals surface area contributed by atoms with Crippen LogP contribution in [0.15, 0.2) is 48.7 Å². The lowest BCUT2D eigenvalue weighted by Gasteiger charge is -2.25. The van der Waals surface area contributed by atoms with Crippen molar-refractivity contribution in [1.82, 2.24) is 34.5 Å². The number of imidazole rings is 1. The topological polar surface area (TPSA) is 141 Å². The molecule has 5 aromatic rings. The quantitative estimate of drug-likeness (QED) is 0.240. The summed E-state index contributed by atoms with van der Waals surface area (Å²) in [5.41, 5.74) is 2.89. The number of rotatable bonds is 8. The van der Waals surface area contributed by atoms with E-state index in [-0.39, 0.29) is 16.9 Å². The predicted octanol–water partition coefficient (Wildman–Crippen LogP) is 5.63. The Morgan fingerprint density at radius 1 is 1.07 bits per heavy atom. The van der Waals surface area contributed by atoms with Gasteiger partial charge in [0.2, 0.25) is 0 Å². The molecule has 0 radical (unpaired) electrons. The Balaban J connectivity index is 1.51. The van der Waals surface area contributed by atoms with Gasteiger partial charge in [0.1, 0.15) is 40.8 Å². The van der Waals surface area contributed by atoms with Crippen molar-refractivity contribution in [1.29, 1.82) is 5.26 Å². The minimum atomic E-state index is -2.86. The normalized spacial score (nSPS) is 15.1. The SMILES string of the molecule is COc1c(Nc2cc(Nc3cccc(C#N)n3)nc3c2nc(C(F)F)n3C2CCCCO2)cccc1-c1cnn(C)n1. The number of aryl methyl sites for hydroxylation is 1. The van der Waals surface area contributed by atoms with Gasteiger partial charge in [-0.15, -0.1) is 0 Å². The Labute approximate surface area is 238 Å². The molecule has 12 nitrogen and oxygen atoms in total. The number of pyridine rings is 2. The minimum absolute atomic E-state index is 0.213. The number of methoxy groups -OCH3 is 1. The van der Waals surface area contributed by atoms with E-state index in [0.717, 1.165) is 12.8 Å². The number of para-hydroxylation sites is 1. The van der Waals surface area contributed by atoms with E-state index in [2.05, 4.69) is 35.8 Å². The molecule has 1 unspecified atom stereocenters. The van der Waals surface area contributed by atoms with Crippen molar-refractivity contribution in [2.45, 2.75) is 31.9 Å². The third-order valence-corrected chi connectivity index (χ3v) is 6.80. The molecule has 5 heterocycles. The number of halogens is 2. The fraction of sp³-hybridized carbons (Fsp3) is 0.286. The van der Waals surface area contributed by atoms with Crippen molar-refractivity contribution in [3.05, 3.63) is 60.2 Å². The molecule has 14 heteroatoms. The standard InChI is InChI=1S/C28H26F2N10O2/c1-39-32-15-20(38-39)17-8-6-9-18(25(17)41-2)34-19-13-22(35-21-10-5-7-16(14-31)33-21)36-27-24(19)37-28(26(29)30)40(27)23-11-3-4-12-42-23/h5-10,13,15,23,26H,3-4,11-12H2,1-2H3,(H2,33,34,35,36). The van der Waals surface area contributed by atoms with Gasteiger partial charge in [-0.3, -0.25) is 4.57 Å². The summed E-state index contributed by atoms with van der Waals surface area (Å²) < 4.78 is 41.8. The number of hydrogen-bond acceptors (Lipinski definition) is 10. The first-order chi connectivity index (χ1) is 20.4. The van der Waals surface area contributed by atoms with Crippen LogP contribution in [0.1, 0.15) is 43.4 Å². The third kappa shape index (κ3) is 5.17. The van der Waals surface area contributed by atoms with E-state index in [4.69, 9.17) is 9.47 Å².